The average Bonchev–Trinajstić information content (AvgIpc) is 2.70. The molecule has 4 nitrogen and oxygen atoms in total. The third kappa shape index (κ3) is 3.90. The first-order valence-corrected chi connectivity index (χ1v) is 9.78. The van der Waals surface area contributed by atoms with Gasteiger partial charge in [-0.15, -0.1) is 0 Å². The SMILES string of the molecule is COC(=O)c1ccc(C=Cc2cc3c(cc2CO)C(C)(C)CC(=O)C3(C)C)cc1. The Balaban J connectivity index is 2.02. The standard InChI is InChI=1S/C25H28O4/c1-24(2)14-22(27)25(3,4)21-12-18(19(15-26)13-20(21)24)11-8-16-6-9-17(10-7-16)23(28)29-5/h6-13,26H,14-15H2,1-5H3. The largest absolute Gasteiger partial charge is 0.465 e. The lowest BCUT2D eigenvalue weighted by atomic mass is 9.62. The molecule has 1 aliphatic rings. The van der Waals surface area contributed by atoms with Gasteiger partial charge in [-0.1, -0.05) is 50.3 Å². The molecule has 0 bridgehead atoms. The number of aliphatic hydroxyl groups is 1. The van der Waals surface area contributed by atoms with Gasteiger partial charge in [0.2, 0.25) is 0 Å². The number of benzene rings is 2. The van der Waals surface area contributed by atoms with Crippen LogP contribution in [-0.4, -0.2) is 24.0 Å². The van der Waals surface area contributed by atoms with Crippen molar-refractivity contribution in [1.82, 2.24) is 0 Å². The van der Waals surface area contributed by atoms with Gasteiger partial charge >= 0.3 is 5.97 Å². The second-order valence-corrected chi connectivity index (χ2v) is 8.81. The second-order valence-electron chi connectivity index (χ2n) is 8.81. The summed E-state index contributed by atoms with van der Waals surface area (Å²) < 4.78 is 4.72. The molecular weight excluding hydrogens is 364 g/mol. The Kier molecular flexibility index (Phi) is 5.50. The Bertz CT molecular complexity index is 979. The fourth-order valence-corrected chi connectivity index (χ4v) is 3.93. The Labute approximate surface area is 172 Å². The van der Waals surface area contributed by atoms with Crippen LogP contribution in [0, 0.1) is 0 Å². The number of aliphatic hydroxyl groups excluding tert-OH is 1. The van der Waals surface area contributed by atoms with Gasteiger partial charge in [0.05, 0.1) is 19.3 Å². The molecule has 29 heavy (non-hydrogen) atoms. The summed E-state index contributed by atoms with van der Waals surface area (Å²) in [5.74, 6) is -0.132. The molecule has 2 aromatic rings. The zero-order valence-corrected chi connectivity index (χ0v) is 17.7. The van der Waals surface area contributed by atoms with Gasteiger partial charge in [-0.2, -0.15) is 0 Å². The van der Waals surface area contributed by atoms with Gasteiger partial charge in [0.15, 0.2) is 0 Å². The third-order valence-electron chi connectivity index (χ3n) is 5.94. The van der Waals surface area contributed by atoms with Crippen LogP contribution in [0.3, 0.4) is 0 Å². The average molecular weight is 392 g/mol. The number of rotatable bonds is 4. The molecule has 1 aliphatic carbocycles. The van der Waals surface area contributed by atoms with E-state index in [1.54, 1.807) is 12.1 Å². The van der Waals surface area contributed by atoms with E-state index in [-0.39, 0.29) is 23.8 Å². The number of ketones is 1. The number of carbonyl (C=O) groups is 2. The number of ether oxygens (including phenoxy) is 1. The molecule has 0 aliphatic heterocycles. The third-order valence-corrected chi connectivity index (χ3v) is 5.94. The normalized spacial score (nSPS) is 17.2. The van der Waals surface area contributed by atoms with Gasteiger partial charge in [-0.25, -0.2) is 4.79 Å². The lowest BCUT2D eigenvalue weighted by Crippen LogP contribution is -2.42. The highest BCUT2D eigenvalue weighted by molar-refractivity contribution is 5.93. The van der Waals surface area contributed by atoms with Crippen molar-refractivity contribution >= 4 is 23.9 Å². The second kappa shape index (κ2) is 7.60. The molecule has 152 valence electrons. The minimum absolute atomic E-state index is 0.0707. The number of esters is 1. The summed E-state index contributed by atoms with van der Waals surface area (Å²) in [7, 11) is 1.36. The van der Waals surface area contributed by atoms with Gasteiger partial charge in [0.25, 0.3) is 0 Å². The highest BCUT2D eigenvalue weighted by Crippen LogP contribution is 2.45. The van der Waals surface area contributed by atoms with E-state index in [4.69, 9.17) is 4.74 Å². The fraction of sp³-hybridized carbons (Fsp3) is 0.360. The Morgan fingerprint density at radius 1 is 1.07 bits per heavy atom. The predicted molar refractivity (Wildman–Crippen MR) is 115 cm³/mol. The van der Waals surface area contributed by atoms with Crippen molar-refractivity contribution in [1.29, 1.82) is 0 Å². The van der Waals surface area contributed by atoms with E-state index in [9.17, 15) is 14.7 Å². The van der Waals surface area contributed by atoms with Crippen molar-refractivity contribution in [2.75, 3.05) is 7.11 Å². The van der Waals surface area contributed by atoms with Crippen molar-refractivity contribution in [2.24, 2.45) is 0 Å². The summed E-state index contributed by atoms with van der Waals surface area (Å²) >= 11 is 0. The summed E-state index contributed by atoms with van der Waals surface area (Å²) in [5, 5.41) is 9.94. The summed E-state index contributed by atoms with van der Waals surface area (Å²) in [6.07, 6.45) is 4.38. The molecule has 0 radical (unpaired) electrons. The zero-order valence-electron chi connectivity index (χ0n) is 17.7. The van der Waals surface area contributed by atoms with Crippen LogP contribution in [0.2, 0.25) is 0 Å². The van der Waals surface area contributed by atoms with Crippen molar-refractivity contribution in [3.8, 4) is 0 Å². The topological polar surface area (TPSA) is 63.6 Å². The minimum atomic E-state index is -0.552. The highest BCUT2D eigenvalue weighted by atomic mass is 16.5. The van der Waals surface area contributed by atoms with E-state index in [2.05, 4.69) is 13.8 Å². The van der Waals surface area contributed by atoms with E-state index < -0.39 is 5.41 Å². The zero-order chi connectivity index (χ0) is 21.4. The Hall–Kier alpha value is -2.72. The number of fused-ring (bicyclic) bond motifs is 1. The van der Waals surface area contributed by atoms with Crippen molar-refractivity contribution < 1.29 is 19.4 Å². The highest BCUT2D eigenvalue weighted by Gasteiger charge is 2.43. The molecule has 0 spiro atoms. The van der Waals surface area contributed by atoms with E-state index in [0.717, 1.165) is 27.8 Å². The number of carbonyl (C=O) groups excluding carboxylic acids is 2. The van der Waals surface area contributed by atoms with Crippen LogP contribution in [0.1, 0.15) is 72.3 Å². The summed E-state index contributed by atoms with van der Waals surface area (Å²) in [4.78, 5) is 24.3. The quantitative estimate of drug-likeness (QED) is 0.607. The lowest BCUT2D eigenvalue weighted by Gasteiger charge is -2.41. The first-order valence-electron chi connectivity index (χ1n) is 9.78. The van der Waals surface area contributed by atoms with Crippen molar-refractivity contribution in [3.63, 3.8) is 0 Å². The molecule has 1 N–H and O–H groups in total. The summed E-state index contributed by atoms with van der Waals surface area (Å²) in [5.41, 5.74) is 4.50. The van der Waals surface area contributed by atoms with Gasteiger partial charge in [-0.05, 0) is 59.2 Å². The maximum Gasteiger partial charge on any atom is 0.337 e. The monoisotopic (exact) mass is 392 g/mol. The number of Topliss-reactive ketones (excluding diaryl/α,β-unsaturated/α-hetero) is 1. The molecule has 0 heterocycles. The summed E-state index contributed by atoms with van der Waals surface area (Å²) in [6, 6.07) is 11.2. The van der Waals surface area contributed by atoms with E-state index in [1.165, 1.54) is 7.11 Å². The van der Waals surface area contributed by atoms with Crippen molar-refractivity contribution in [2.45, 2.75) is 51.6 Å². The maximum absolute atomic E-state index is 12.7. The van der Waals surface area contributed by atoms with Crippen LogP contribution in [0.25, 0.3) is 12.2 Å². The van der Waals surface area contributed by atoms with Crippen LogP contribution in [0.5, 0.6) is 0 Å². The molecule has 0 saturated carbocycles. The molecule has 0 saturated heterocycles. The maximum atomic E-state index is 12.7. The molecule has 4 heteroatoms. The first-order chi connectivity index (χ1) is 13.6. The molecule has 0 fully saturated rings. The molecule has 3 rings (SSSR count). The Morgan fingerprint density at radius 3 is 2.31 bits per heavy atom. The lowest BCUT2D eigenvalue weighted by molar-refractivity contribution is -0.125. The number of hydrogen-bond donors (Lipinski definition) is 1. The minimum Gasteiger partial charge on any atom is -0.465 e. The molecule has 2 aromatic carbocycles. The van der Waals surface area contributed by atoms with Crippen LogP contribution < -0.4 is 0 Å². The predicted octanol–water partition coefficient (Wildman–Crippen LogP) is 4.66. The summed E-state index contributed by atoms with van der Waals surface area (Å²) in [6.45, 7) is 8.04. The van der Waals surface area contributed by atoms with E-state index in [0.29, 0.717) is 12.0 Å². The molecule has 0 unspecified atom stereocenters. The molecule has 0 amide bonds. The van der Waals surface area contributed by atoms with Gasteiger partial charge < -0.3 is 9.84 Å². The molecule has 0 atom stereocenters. The van der Waals surface area contributed by atoms with E-state index in [1.807, 2.05) is 50.3 Å². The van der Waals surface area contributed by atoms with E-state index >= 15 is 0 Å². The van der Waals surface area contributed by atoms with Gasteiger partial charge in [-0.3, -0.25) is 4.79 Å². The van der Waals surface area contributed by atoms with Crippen LogP contribution in [-0.2, 0) is 27.0 Å². The van der Waals surface area contributed by atoms with Crippen LogP contribution in [0.4, 0.5) is 0 Å². The fourth-order valence-electron chi connectivity index (χ4n) is 3.93. The smallest absolute Gasteiger partial charge is 0.337 e. The molecular formula is C25H28O4. The van der Waals surface area contributed by atoms with Crippen molar-refractivity contribution in [3.05, 3.63) is 69.8 Å². The molecule has 0 aromatic heterocycles. The Morgan fingerprint density at radius 2 is 1.72 bits per heavy atom. The van der Waals surface area contributed by atoms with Gasteiger partial charge in [0.1, 0.15) is 5.78 Å². The van der Waals surface area contributed by atoms with Gasteiger partial charge in [0, 0.05) is 11.8 Å². The number of methoxy groups -OCH3 is 1. The first kappa shape index (κ1) is 21.0. The number of hydrogen-bond acceptors (Lipinski definition) is 4. The van der Waals surface area contributed by atoms with Crippen LogP contribution in [0.15, 0.2) is 36.4 Å². The van der Waals surface area contributed by atoms with Crippen LogP contribution >= 0.6 is 0 Å².